The van der Waals surface area contributed by atoms with Crippen LogP contribution in [0, 0.1) is 0 Å². The van der Waals surface area contributed by atoms with Gasteiger partial charge < -0.3 is 11.1 Å². The maximum absolute atomic E-state index is 11.9. The summed E-state index contributed by atoms with van der Waals surface area (Å²) < 4.78 is 0.726. The highest BCUT2D eigenvalue weighted by molar-refractivity contribution is 9.10. The van der Waals surface area contributed by atoms with E-state index in [0.717, 1.165) is 4.47 Å². The van der Waals surface area contributed by atoms with E-state index in [0.29, 0.717) is 16.8 Å². The predicted molar refractivity (Wildman–Crippen MR) is 74.9 cm³/mol. The smallest absolute Gasteiger partial charge is 0.257 e. The third-order valence-electron chi connectivity index (χ3n) is 2.39. The van der Waals surface area contributed by atoms with Crippen LogP contribution in [-0.4, -0.2) is 16.8 Å². The van der Waals surface area contributed by atoms with Gasteiger partial charge in [0, 0.05) is 28.1 Å². The van der Waals surface area contributed by atoms with Crippen molar-refractivity contribution in [1.29, 1.82) is 0 Å². The lowest BCUT2D eigenvalue weighted by atomic mass is 10.2. The molecule has 1 aromatic heterocycles. The molecule has 2 amide bonds. The molecule has 0 bridgehead atoms. The molecule has 0 atom stereocenters. The van der Waals surface area contributed by atoms with Crippen LogP contribution in [0.25, 0.3) is 0 Å². The average molecular weight is 320 g/mol. The number of nitrogens with zero attached hydrogens (tertiary/aromatic N) is 1. The molecule has 6 heteroatoms. The molecule has 0 aliphatic rings. The van der Waals surface area contributed by atoms with Gasteiger partial charge in [-0.25, -0.2) is 0 Å². The molecule has 2 aromatic rings. The highest BCUT2D eigenvalue weighted by Gasteiger charge is 2.07. The molecule has 1 aromatic carbocycles. The van der Waals surface area contributed by atoms with Crippen LogP contribution in [0.5, 0.6) is 0 Å². The molecule has 0 saturated heterocycles. The molecule has 0 spiro atoms. The van der Waals surface area contributed by atoms with Gasteiger partial charge in [-0.05, 0) is 46.3 Å². The van der Waals surface area contributed by atoms with Gasteiger partial charge in [0.15, 0.2) is 0 Å². The van der Waals surface area contributed by atoms with E-state index in [9.17, 15) is 9.59 Å². The fourth-order valence-corrected chi connectivity index (χ4v) is 1.82. The lowest BCUT2D eigenvalue weighted by molar-refractivity contribution is 0.0998. The topological polar surface area (TPSA) is 85.1 Å². The second kappa shape index (κ2) is 5.62. The van der Waals surface area contributed by atoms with Crippen LogP contribution in [-0.2, 0) is 0 Å². The van der Waals surface area contributed by atoms with Gasteiger partial charge in [-0.15, -0.1) is 0 Å². The number of hydrogen-bond acceptors (Lipinski definition) is 3. The monoisotopic (exact) mass is 319 g/mol. The first-order valence-electron chi connectivity index (χ1n) is 5.38. The molecule has 0 unspecified atom stereocenters. The van der Waals surface area contributed by atoms with Crippen molar-refractivity contribution in [2.45, 2.75) is 0 Å². The normalized spacial score (nSPS) is 9.95. The van der Waals surface area contributed by atoms with E-state index in [-0.39, 0.29) is 5.91 Å². The first-order chi connectivity index (χ1) is 9.06. The number of nitrogens with one attached hydrogen (secondary N) is 1. The summed E-state index contributed by atoms with van der Waals surface area (Å²) in [5.74, 6) is -0.783. The van der Waals surface area contributed by atoms with Crippen molar-refractivity contribution in [3.05, 3.63) is 58.3 Å². The van der Waals surface area contributed by atoms with Crippen molar-refractivity contribution >= 4 is 33.4 Å². The number of nitrogens with two attached hydrogens (primary N) is 1. The zero-order valence-electron chi connectivity index (χ0n) is 9.76. The minimum atomic E-state index is -0.505. The molecular formula is C13H10BrN3O2. The van der Waals surface area contributed by atoms with E-state index < -0.39 is 5.91 Å². The highest BCUT2D eigenvalue weighted by atomic mass is 79.9. The number of benzene rings is 1. The Kier molecular flexibility index (Phi) is 3.91. The molecule has 96 valence electrons. The summed E-state index contributed by atoms with van der Waals surface area (Å²) >= 11 is 3.25. The number of carbonyl (C=O) groups is 2. The Morgan fingerprint density at radius 1 is 1.11 bits per heavy atom. The number of carbonyl (C=O) groups excluding carboxylic acids is 2. The fourth-order valence-electron chi connectivity index (χ4n) is 1.46. The number of amides is 2. The van der Waals surface area contributed by atoms with Crippen LogP contribution in [0.15, 0.2) is 47.2 Å². The quantitative estimate of drug-likeness (QED) is 0.909. The Balaban J connectivity index is 2.13. The second-order valence-corrected chi connectivity index (χ2v) is 4.70. The van der Waals surface area contributed by atoms with E-state index in [1.54, 1.807) is 36.5 Å². The Bertz CT molecular complexity index is 626. The number of hydrogen-bond donors (Lipinski definition) is 2. The molecular weight excluding hydrogens is 310 g/mol. The molecule has 3 N–H and O–H groups in total. The maximum atomic E-state index is 11.9. The minimum absolute atomic E-state index is 0.277. The van der Waals surface area contributed by atoms with Crippen LogP contribution in [0.4, 0.5) is 5.69 Å². The summed E-state index contributed by atoms with van der Waals surface area (Å²) in [6, 6.07) is 8.00. The lowest BCUT2D eigenvalue weighted by Gasteiger charge is -2.05. The molecule has 0 aliphatic heterocycles. The largest absolute Gasteiger partial charge is 0.366 e. The molecule has 0 fully saturated rings. The Hall–Kier alpha value is -2.21. The number of anilines is 1. The van der Waals surface area contributed by atoms with E-state index in [1.165, 1.54) is 6.20 Å². The van der Waals surface area contributed by atoms with E-state index in [4.69, 9.17) is 5.73 Å². The molecule has 0 saturated carbocycles. The average Bonchev–Trinajstić information content (AvgIpc) is 2.39. The summed E-state index contributed by atoms with van der Waals surface area (Å²) in [6.07, 6.45) is 3.07. The first-order valence-corrected chi connectivity index (χ1v) is 6.17. The number of rotatable bonds is 3. The zero-order valence-corrected chi connectivity index (χ0v) is 11.3. The van der Waals surface area contributed by atoms with E-state index in [2.05, 4.69) is 26.2 Å². The Labute approximate surface area is 118 Å². The standard InChI is InChI=1S/C13H10BrN3O2/c14-10-5-9(6-16-7-10)13(19)17-11-3-1-8(2-4-11)12(15)18/h1-7H,(H2,15,18)(H,17,19). The van der Waals surface area contributed by atoms with Crippen molar-refractivity contribution in [3.8, 4) is 0 Å². The second-order valence-electron chi connectivity index (χ2n) is 3.79. The van der Waals surface area contributed by atoms with Gasteiger partial charge in [-0.2, -0.15) is 0 Å². The number of halogens is 1. The third-order valence-corrected chi connectivity index (χ3v) is 2.83. The van der Waals surface area contributed by atoms with Crippen molar-refractivity contribution in [2.24, 2.45) is 5.73 Å². The summed E-state index contributed by atoms with van der Waals surface area (Å²) in [4.78, 5) is 26.8. The summed E-state index contributed by atoms with van der Waals surface area (Å²) in [7, 11) is 0. The first kappa shape index (κ1) is 13.2. The van der Waals surface area contributed by atoms with Gasteiger partial charge in [-0.1, -0.05) is 0 Å². The van der Waals surface area contributed by atoms with Gasteiger partial charge >= 0.3 is 0 Å². The Morgan fingerprint density at radius 2 is 1.79 bits per heavy atom. The van der Waals surface area contributed by atoms with Crippen molar-refractivity contribution in [3.63, 3.8) is 0 Å². The van der Waals surface area contributed by atoms with Gasteiger partial charge in [0.05, 0.1) is 5.56 Å². The van der Waals surface area contributed by atoms with E-state index in [1.807, 2.05) is 0 Å². The van der Waals surface area contributed by atoms with E-state index >= 15 is 0 Å². The van der Waals surface area contributed by atoms with Gasteiger partial charge in [0.1, 0.15) is 0 Å². The Morgan fingerprint density at radius 3 is 2.37 bits per heavy atom. The van der Waals surface area contributed by atoms with Crippen LogP contribution in [0.3, 0.4) is 0 Å². The van der Waals surface area contributed by atoms with Crippen molar-refractivity contribution in [2.75, 3.05) is 5.32 Å². The third kappa shape index (κ3) is 3.38. The molecule has 5 nitrogen and oxygen atoms in total. The molecule has 0 aliphatic carbocycles. The van der Waals surface area contributed by atoms with Crippen LogP contribution < -0.4 is 11.1 Å². The molecule has 2 rings (SSSR count). The molecule has 19 heavy (non-hydrogen) atoms. The molecule has 1 heterocycles. The summed E-state index contributed by atoms with van der Waals surface area (Å²) in [5.41, 5.74) is 6.54. The number of pyridine rings is 1. The minimum Gasteiger partial charge on any atom is -0.366 e. The van der Waals surface area contributed by atoms with Gasteiger partial charge in [0.2, 0.25) is 5.91 Å². The van der Waals surface area contributed by atoms with Crippen molar-refractivity contribution < 1.29 is 9.59 Å². The fraction of sp³-hybridized carbons (Fsp3) is 0. The van der Waals surface area contributed by atoms with Gasteiger partial charge in [0.25, 0.3) is 5.91 Å². The SMILES string of the molecule is NC(=O)c1ccc(NC(=O)c2cncc(Br)c2)cc1. The summed E-state index contributed by atoms with van der Waals surface area (Å²) in [5, 5.41) is 2.70. The highest BCUT2D eigenvalue weighted by Crippen LogP contribution is 2.13. The predicted octanol–water partition coefficient (Wildman–Crippen LogP) is 2.20. The van der Waals surface area contributed by atoms with Crippen LogP contribution in [0.1, 0.15) is 20.7 Å². The van der Waals surface area contributed by atoms with Gasteiger partial charge in [-0.3, -0.25) is 14.6 Å². The lowest BCUT2D eigenvalue weighted by Crippen LogP contribution is -2.13. The maximum Gasteiger partial charge on any atom is 0.257 e. The summed E-state index contributed by atoms with van der Waals surface area (Å²) in [6.45, 7) is 0. The van der Waals surface area contributed by atoms with Crippen LogP contribution in [0.2, 0.25) is 0 Å². The number of aromatic nitrogens is 1. The van der Waals surface area contributed by atoms with Crippen LogP contribution >= 0.6 is 15.9 Å². The zero-order chi connectivity index (χ0) is 13.8. The number of primary amides is 1. The molecule has 0 radical (unpaired) electrons. The van der Waals surface area contributed by atoms with Crippen molar-refractivity contribution in [1.82, 2.24) is 4.98 Å².